The van der Waals surface area contributed by atoms with Crippen molar-refractivity contribution >= 4 is 0 Å². The van der Waals surface area contributed by atoms with E-state index in [-0.39, 0.29) is 0 Å². The largest absolute Gasteiger partial charge is 0.330 e. The summed E-state index contributed by atoms with van der Waals surface area (Å²) in [6.45, 7) is 3.98. The summed E-state index contributed by atoms with van der Waals surface area (Å²) in [6, 6.07) is 0. The molecule has 2 heterocycles. The standard InChI is InChI=1S/C10H17N3/c1-8-9(5-6-11)12-13-7-3-2-4-10(8)13/h2-7,11H2,1H3. The van der Waals surface area contributed by atoms with Crippen LogP contribution < -0.4 is 5.73 Å². The van der Waals surface area contributed by atoms with Gasteiger partial charge in [-0.3, -0.25) is 4.68 Å². The fourth-order valence-electron chi connectivity index (χ4n) is 2.07. The Balaban J connectivity index is 2.33. The lowest BCUT2D eigenvalue weighted by Gasteiger charge is -2.13. The Morgan fingerprint density at radius 1 is 1.46 bits per heavy atom. The van der Waals surface area contributed by atoms with Crippen molar-refractivity contribution in [2.24, 2.45) is 5.73 Å². The first kappa shape index (κ1) is 8.75. The van der Waals surface area contributed by atoms with Crippen LogP contribution in [0.5, 0.6) is 0 Å². The fourth-order valence-corrected chi connectivity index (χ4v) is 2.07. The van der Waals surface area contributed by atoms with Gasteiger partial charge in [-0.05, 0) is 38.3 Å². The minimum Gasteiger partial charge on any atom is -0.330 e. The molecule has 3 nitrogen and oxygen atoms in total. The molecule has 1 aromatic heterocycles. The van der Waals surface area contributed by atoms with Gasteiger partial charge in [0.05, 0.1) is 5.69 Å². The molecule has 0 atom stereocenters. The molecule has 1 aliphatic heterocycles. The van der Waals surface area contributed by atoms with Gasteiger partial charge in [0.25, 0.3) is 0 Å². The van der Waals surface area contributed by atoms with Crippen molar-refractivity contribution in [2.45, 2.75) is 39.2 Å². The predicted octanol–water partition coefficient (Wildman–Crippen LogP) is 1.03. The van der Waals surface area contributed by atoms with Gasteiger partial charge in [0.2, 0.25) is 0 Å². The molecule has 0 bridgehead atoms. The zero-order valence-electron chi connectivity index (χ0n) is 8.21. The topological polar surface area (TPSA) is 43.8 Å². The van der Waals surface area contributed by atoms with Gasteiger partial charge in [-0.1, -0.05) is 0 Å². The monoisotopic (exact) mass is 179 g/mol. The number of rotatable bonds is 2. The van der Waals surface area contributed by atoms with E-state index in [0.29, 0.717) is 6.54 Å². The van der Waals surface area contributed by atoms with Gasteiger partial charge < -0.3 is 5.73 Å². The minimum atomic E-state index is 0.706. The zero-order chi connectivity index (χ0) is 9.26. The van der Waals surface area contributed by atoms with Crippen molar-refractivity contribution in [1.29, 1.82) is 0 Å². The van der Waals surface area contributed by atoms with E-state index in [0.717, 1.165) is 13.0 Å². The molecule has 0 fully saturated rings. The Bertz CT molecular complexity index is 301. The Kier molecular flexibility index (Phi) is 2.36. The lowest BCUT2D eigenvalue weighted by atomic mass is 10.1. The van der Waals surface area contributed by atoms with E-state index in [1.807, 2.05) is 0 Å². The highest BCUT2D eigenvalue weighted by atomic mass is 15.3. The Morgan fingerprint density at radius 2 is 2.31 bits per heavy atom. The van der Waals surface area contributed by atoms with Crippen molar-refractivity contribution in [2.75, 3.05) is 6.54 Å². The molecule has 2 rings (SSSR count). The van der Waals surface area contributed by atoms with Crippen molar-refractivity contribution in [3.05, 3.63) is 17.0 Å². The van der Waals surface area contributed by atoms with E-state index < -0.39 is 0 Å². The second kappa shape index (κ2) is 3.50. The van der Waals surface area contributed by atoms with Crippen LogP contribution in [0.15, 0.2) is 0 Å². The van der Waals surface area contributed by atoms with E-state index in [9.17, 15) is 0 Å². The molecule has 0 radical (unpaired) electrons. The van der Waals surface area contributed by atoms with E-state index in [1.165, 1.54) is 36.2 Å². The van der Waals surface area contributed by atoms with Gasteiger partial charge in [-0.15, -0.1) is 0 Å². The van der Waals surface area contributed by atoms with Gasteiger partial charge in [-0.2, -0.15) is 5.10 Å². The summed E-state index contributed by atoms with van der Waals surface area (Å²) in [5.74, 6) is 0. The lowest BCUT2D eigenvalue weighted by Crippen LogP contribution is -2.11. The summed E-state index contributed by atoms with van der Waals surface area (Å²) >= 11 is 0. The van der Waals surface area contributed by atoms with Crippen LogP contribution in [0, 0.1) is 6.92 Å². The summed E-state index contributed by atoms with van der Waals surface area (Å²) in [6.07, 6.45) is 4.71. The van der Waals surface area contributed by atoms with Gasteiger partial charge in [0, 0.05) is 18.7 Å². The first-order chi connectivity index (χ1) is 6.33. The number of fused-ring (bicyclic) bond motifs is 1. The smallest absolute Gasteiger partial charge is 0.0669 e. The molecule has 1 aliphatic rings. The quantitative estimate of drug-likeness (QED) is 0.737. The molecule has 0 aromatic carbocycles. The molecule has 0 spiro atoms. The summed E-state index contributed by atoms with van der Waals surface area (Å²) in [4.78, 5) is 0. The molecule has 1 aromatic rings. The van der Waals surface area contributed by atoms with Crippen LogP contribution in [0.2, 0.25) is 0 Å². The van der Waals surface area contributed by atoms with Crippen molar-refractivity contribution < 1.29 is 0 Å². The molecule has 0 saturated heterocycles. The third kappa shape index (κ3) is 1.48. The van der Waals surface area contributed by atoms with Crippen LogP contribution in [-0.4, -0.2) is 16.3 Å². The molecule has 0 aliphatic carbocycles. The summed E-state index contributed by atoms with van der Waals surface area (Å²) in [7, 11) is 0. The maximum Gasteiger partial charge on any atom is 0.0669 e. The van der Waals surface area contributed by atoms with Crippen LogP contribution in [0.4, 0.5) is 0 Å². The highest BCUT2D eigenvalue weighted by Gasteiger charge is 2.16. The third-order valence-electron chi connectivity index (χ3n) is 2.83. The Labute approximate surface area is 78.9 Å². The van der Waals surface area contributed by atoms with Crippen LogP contribution in [0.25, 0.3) is 0 Å². The molecule has 0 amide bonds. The SMILES string of the molecule is Cc1c(CCN)nn2c1CCCC2. The Morgan fingerprint density at radius 3 is 3.00 bits per heavy atom. The highest BCUT2D eigenvalue weighted by molar-refractivity contribution is 5.26. The average Bonchev–Trinajstić information content (AvgIpc) is 2.46. The van der Waals surface area contributed by atoms with Gasteiger partial charge in [-0.25, -0.2) is 0 Å². The lowest BCUT2D eigenvalue weighted by molar-refractivity contribution is 0.482. The number of nitrogens with zero attached hydrogens (tertiary/aromatic N) is 2. The molecule has 3 heteroatoms. The molecule has 72 valence electrons. The molecular weight excluding hydrogens is 162 g/mol. The first-order valence-electron chi connectivity index (χ1n) is 5.08. The van der Waals surface area contributed by atoms with Gasteiger partial charge in [0.15, 0.2) is 0 Å². The van der Waals surface area contributed by atoms with Gasteiger partial charge >= 0.3 is 0 Å². The van der Waals surface area contributed by atoms with Crippen molar-refractivity contribution in [1.82, 2.24) is 9.78 Å². The van der Waals surface area contributed by atoms with Gasteiger partial charge in [0.1, 0.15) is 0 Å². The second-order valence-electron chi connectivity index (χ2n) is 3.74. The highest BCUT2D eigenvalue weighted by Crippen LogP contribution is 2.20. The maximum atomic E-state index is 5.54. The predicted molar refractivity (Wildman–Crippen MR) is 52.7 cm³/mol. The number of aryl methyl sites for hydroxylation is 1. The number of hydrogen-bond acceptors (Lipinski definition) is 2. The number of aromatic nitrogens is 2. The van der Waals surface area contributed by atoms with Crippen LogP contribution in [-0.2, 0) is 19.4 Å². The molecular formula is C10H17N3. The maximum absolute atomic E-state index is 5.54. The van der Waals surface area contributed by atoms with Crippen molar-refractivity contribution in [3.63, 3.8) is 0 Å². The first-order valence-corrected chi connectivity index (χ1v) is 5.08. The summed E-state index contributed by atoms with van der Waals surface area (Å²) < 4.78 is 2.17. The summed E-state index contributed by atoms with van der Waals surface area (Å²) in [5, 5.41) is 4.58. The normalized spacial score (nSPS) is 15.8. The van der Waals surface area contributed by atoms with Crippen LogP contribution in [0.1, 0.15) is 29.8 Å². The number of hydrogen-bond donors (Lipinski definition) is 1. The average molecular weight is 179 g/mol. The van der Waals surface area contributed by atoms with Crippen LogP contribution in [0.3, 0.4) is 0 Å². The summed E-state index contributed by atoms with van der Waals surface area (Å²) in [5.41, 5.74) is 9.57. The number of nitrogens with two attached hydrogens (primary N) is 1. The molecule has 0 unspecified atom stereocenters. The third-order valence-corrected chi connectivity index (χ3v) is 2.83. The van der Waals surface area contributed by atoms with E-state index >= 15 is 0 Å². The second-order valence-corrected chi connectivity index (χ2v) is 3.74. The minimum absolute atomic E-state index is 0.706. The van der Waals surface area contributed by atoms with E-state index in [4.69, 9.17) is 5.73 Å². The van der Waals surface area contributed by atoms with Crippen molar-refractivity contribution in [3.8, 4) is 0 Å². The molecule has 0 saturated carbocycles. The van der Waals surface area contributed by atoms with E-state index in [1.54, 1.807) is 0 Å². The fraction of sp³-hybridized carbons (Fsp3) is 0.700. The van der Waals surface area contributed by atoms with Crippen LogP contribution >= 0.6 is 0 Å². The Hall–Kier alpha value is -0.830. The molecule has 2 N–H and O–H groups in total. The molecule has 13 heavy (non-hydrogen) atoms. The zero-order valence-corrected chi connectivity index (χ0v) is 8.21. The van der Waals surface area contributed by atoms with E-state index in [2.05, 4.69) is 16.7 Å².